The Morgan fingerprint density at radius 3 is 2.46 bits per heavy atom. The van der Waals surface area contributed by atoms with E-state index >= 15 is 0 Å². The first kappa shape index (κ1) is 8.60. The molecule has 1 aliphatic rings. The molecule has 1 aromatic heterocycles. The fourth-order valence-electron chi connectivity index (χ4n) is 2.40. The van der Waals surface area contributed by atoms with Gasteiger partial charge in [-0.15, -0.1) is 0 Å². The molecule has 0 aliphatic heterocycles. The molecule has 0 bridgehead atoms. The van der Waals surface area contributed by atoms with Crippen LogP contribution in [0.5, 0.6) is 0 Å². The monoisotopic (exact) mass is 179 g/mol. The third-order valence-corrected chi connectivity index (χ3v) is 3.36. The molecule has 0 aromatic carbocycles. The highest BCUT2D eigenvalue weighted by Crippen LogP contribution is 2.41. The minimum absolute atomic E-state index is 0.300. The molecule has 1 fully saturated rings. The Balaban J connectivity index is 2.39. The molecule has 72 valence electrons. The highest BCUT2D eigenvalue weighted by atomic mass is 15.2. The summed E-state index contributed by atoms with van der Waals surface area (Å²) in [6.45, 7) is 4.36. The van der Waals surface area contributed by atoms with Gasteiger partial charge in [-0.25, -0.2) is 0 Å². The van der Waals surface area contributed by atoms with E-state index in [1.54, 1.807) is 0 Å². The first-order chi connectivity index (χ1) is 6.13. The molecule has 1 saturated carbocycles. The van der Waals surface area contributed by atoms with Crippen LogP contribution in [-0.2, 0) is 5.41 Å². The second kappa shape index (κ2) is 2.76. The SMILES string of the molecule is Cc1c(N)n[nH]c1C1(C)CCCC1. The summed E-state index contributed by atoms with van der Waals surface area (Å²) in [5, 5.41) is 7.14. The second-order valence-electron chi connectivity index (χ2n) is 4.38. The first-order valence-electron chi connectivity index (χ1n) is 4.94. The highest BCUT2D eigenvalue weighted by molar-refractivity contribution is 5.43. The van der Waals surface area contributed by atoms with E-state index in [9.17, 15) is 0 Å². The lowest BCUT2D eigenvalue weighted by atomic mass is 9.83. The minimum atomic E-state index is 0.300. The van der Waals surface area contributed by atoms with Crippen molar-refractivity contribution in [1.82, 2.24) is 10.2 Å². The van der Waals surface area contributed by atoms with Crippen molar-refractivity contribution in [1.29, 1.82) is 0 Å². The number of hydrogen-bond acceptors (Lipinski definition) is 2. The quantitative estimate of drug-likeness (QED) is 0.694. The summed E-state index contributed by atoms with van der Waals surface area (Å²) in [7, 11) is 0. The van der Waals surface area contributed by atoms with Gasteiger partial charge in [-0.1, -0.05) is 19.8 Å². The van der Waals surface area contributed by atoms with Gasteiger partial charge in [0.25, 0.3) is 0 Å². The van der Waals surface area contributed by atoms with E-state index in [4.69, 9.17) is 5.73 Å². The van der Waals surface area contributed by atoms with E-state index in [0.717, 1.165) is 5.56 Å². The Labute approximate surface area is 78.7 Å². The Morgan fingerprint density at radius 2 is 2.00 bits per heavy atom. The van der Waals surface area contributed by atoms with Crippen LogP contribution in [0.2, 0.25) is 0 Å². The molecule has 3 N–H and O–H groups in total. The van der Waals surface area contributed by atoms with Crippen LogP contribution < -0.4 is 5.73 Å². The summed E-state index contributed by atoms with van der Waals surface area (Å²) < 4.78 is 0. The maximum Gasteiger partial charge on any atom is 0.148 e. The van der Waals surface area contributed by atoms with E-state index in [1.807, 2.05) is 0 Å². The zero-order chi connectivity index (χ0) is 9.47. The lowest BCUT2D eigenvalue weighted by Crippen LogP contribution is -2.18. The molecule has 0 atom stereocenters. The molecule has 1 aliphatic carbocycles. The van der Waals surface area contributed by atoms with Gasteiger partial charge in [0.05, 0.1) is 0 Å². The number of nitrogens with zero attached hydrogens (tertiary/aromatic N) is 1. The van der Waals surface area contributed by atoms with Gasteiger partial charge in [0.2, 0.25) is 0 Å². The standard InChI is InChI=1S/C10H17N3/c1-7-8(12-13-9(7)11)10(2)5-3-4-6-10/h3-6H2,1-2H3,(H3,11,12,13). The summed E-state index contributed by atoms with van der Waals surface area (Å²) >= 11 is 0. The van der Waals surface area contributed by atoms with Crippen LogP contribution in [0.1, 0.15) is 43.9 Å². The lowest BCUT2D eigenvalue weighted by Gasteiger charge is -2.22. The van der Waals surface area contributed by atoms with Crippen molar-refractivity contribution in [3.05, 3.63) is 11.3 Å². The van der Waals surface area contributed by atoms with E-state index in [1.165, 1.54) is 31.4 Å². The number of nitrogens with two attached hydrogens (primary N) is 1. The Morgan fingerprint density at radius 1 is 1.38 bits per heavy atom. The molecule has 3 nitrogen and oxygen atoms in total. The third kappa shape index (κ3) is 1.23. The number of aromatic amines is 1. The molecule has 2 rings (SSSR count). The van der Waals surface area contributed by atoms with Gasteiger partial charge in [-0.2, -0.15) is 5.10 Å². The van der Waals surface area contributed by atoms with E-state index in [0.29, 0.717) is 11.2 Å². The Bertz CT molecular complexity index is 308. The van der Waals surface area contributed by atoms with Crippen LogP contribution in [-0.4, -0.2) is 10.2 Å². The van der Waals surface area contributed by atoms with Crippen LogP contribution in [0.4, 0.5) is 5.82 Å². The molecule has 3 heteroatoms. The number of nitrogens with one attached hydrogen (secondary N) is 1. The first-order valence-corrected chi connectivity index (χ1v) is 4.94. The summed E-state index contributed by atoms with van der Waals surface area (Å²) in [6.07, 6.45) is 5.18. The average molecular weight is 179 g/mol. The second-order valence-corrected chi connectivity index (χ2v) is 4.38. The lowest BCUT2D eigenvalue weighted by molar-refractivity contribution is 0.472. The van der Waals surface area contributed by atoms with Gasteiger partial charge < -0.3 is 5.73 Å². The molecule has 13 heavy (non-hydrogen) atoms. The predicted octanol–water partition coefficient (Wildman–Crippen LogP) is 2.13. The summed E-state index contributed by atoms with van der Waals surface area (Å²) in [6, 6.07) is 0. The molecule has 1 heterocycles. The zero-order valence-electron chi connectivity index (χ0n) is 8.35. The van der Waals surface area contributed by atoms with Crippen LogP contribution in [0.3, 0.4) is 0 Å². The van der Waals surface area contributed by atoms with Crippen LogP contribution in [0.15, 0.2) is 0 Å². The Kier molecular flexibility index (Phi) is 1.82. The van der Waals surface area contributed by atoms with Crippen molar-refractivity contribution < 1.29 is 0 Å². The molecule has 0 unspecified atom stereocenters. The number of hydrogen-bond donors (Lipinski definition) is 2. The molecule has 0 amide bonds. The highest BCUT2D eigenvalue weighted by Gasteiger charge is 2.33. The molecule has 0 radical (unpaired) electrons. The zero-order valence-corrected chi connectivity index (χ0v) is 8.35. The molecule has 0 saturated heterocycles. The van der Waals surface area contributed by atoms with Crippen LogP contribution in [0, 0.1) is 6.92 Å². The topological polar surface area (TPSA) is 54.7 Å². The van der Waals surface area contributed by atoms with E-state index < -0.39 is 0 Å². The van der Waals surface area contributed by atoms with Crippen molar-refractivity contribution >= 4 is 5.82 Å². The number of aromatic nitrogens is 2. The van der Waals surface area contributed by atoms with Gasteiger partial charge in [-0.05, 0) is 19.8 Å². The minimum Gasteiger partial charge on any atom is -0.382 e. The summed E-state index contributed by atoms with van der Waals surface area (Å²) in [4.78, 5) is 0. The largest absolute Gasteiger partial charge is 0.382 e. The number of rotatable bonds is 1. The fourth-order valence-corrected chi connectivity index (χ4v) is 2.40. The van der Waals surface area contributed by atoms with E-state index in [2.05, 4.69) is 24.0 Å². The third-order valence-electron chi connectivity index (χ3n) is 3.36. The number of anilines is 1. The summed E-state index contributed by atoms with van der Waals surface area (Å²) in [5.41, 5.74) is 8.42. The number of H-pyrrole nitrogens is 1. The normalized spacial score (nSPS) is 20.8. The van der Waals surface area contributed by atoms with Crippen molar-refractivity contribution in [2.24, 2.45) is 0 Å². The van der Waals surface area contributed by atoms with Crippen molar-refractivity contribution in [3.8, 4) is 0 Å². The number of nitrogen functional groups attached to an aromatic ring is 1. The molecule has 0 spiro atoms. The van der Waals surface area contributed by atoms with Crippen molar-refractivity contribution in [3.63, 3.8) is 0 Å². The van der Waals surface area contributed by atoms with Gasteiger partial charge >= 0.3 is 0 Å². The maximum atomic E-state index is 5.72. The van der Waals surface area contributed by atoms with Crippen LogP contribution >= 0.6 is 0 Å². The van der Waals surface area contributed by atoms with Gasteiger partial charge in [0.1, 0.15) is 5.82 Å². The van der Waals surface area contributed by atoms with Gasteiger partial charge in [0, 0.05) is 16.7 Å². The summed E-state index contributed by atoms with van der Waals surface area (Å²) in [5.74, 6) is 0.656. The molecule has 1 aromatic rings. The molecular formula is C10H17N3. The van der Waals surface area contributed by atoms with Gasteiger partial charge in [0.15, 0.2) is 0 Å². The predicted molar refractivity (Wildman–Crippen MR) is 53.6 cm³/mol. The Hall–Kier alpha value is -0.990. The van der Waals surface area contributed by atoms with Gasteiger partial charge in [-0.3, -0.25) is 5.10 Å². The van der Waals surface area contributed by atoms with Crippen molar-refractivity contribution in [2.45, 2.75) is 44.9 Å². The van der Waals surface area contributed by atoms with E-state index in [-0.39, 0.29) is 0 Å². The average Bonchev–Trinajstić information content (AvgIpc) is 2.63. The smallest absolute Gasteiger partial charge is 0.148 e. The maximum absolute atomic E-state index is 5.72. The van der Waals surface area contributed by atoms with Crippen LogP contribution in [0.25, 0.3) is 0 Å². The fraction of sp³-hybridized carbons (Fsp3) is 0.700. The molecular weight excluding hydrogens is 162 g/mol. The van der Waals surface area contributed by atoms with Crippen molar-refractivity contribution in [2.75, 3.05) is 5.73 Å².